The van der Waals surface area contributed by atoms with Gasteiger partial charge in [0.15, 0.2) is 0 Å². The Balaban J connectivity index is 3.25. The molecule has 0 unspecified atom stereocenters. The Hall–Kier alpha value is -0.900. The molecule has 60 valence electrons. The molecule has 4 heteroatoms. The molecule has 0 saturated heterocycles. The van der Waals surface area contributed by atoms with E-state index in [0.29, 0.717) is 0 Å². The molecule has 0 radical (unpaired) electrons. The molecule has 1 aromatic heterocycles. The predicted molar refractivity (Wildman–Crippen MR) is 44.9 cm³/mol. The summed E-state index contributed by atoms with van der Waals surface area (Å²) < 4.78 is 15.4. The van der Waals surface area contributed by atoms with Gasteiger partial charge in [-0.25, -0.2) is 8.57 Å². The fourth-order valence-corrected chi connectivity index (χ4v) is 1.53. The van der Waals surface area contributed by atoms with Crippen molar-refractivity contribution in [3.63, 3.8) is 0 Å². The Morgan fingerprint density at radius 3 is 2.45 bits per heavy atom. The van der Waals surface area contributed by atoms with Crippen LogP contribution in [0.1, 0.15) is 0 Å². The van der Waals surface area contributed by atoms with Crippen molar-refractivity contribution in [3.8, 4) is 0 Å². The molecule has 0 aromatic carbocycles. The Bertz CT molecular complexity index is 339. The van der Waals surface area contributed by atoms with Crippen LogP contribution in [0.25, 0.3) is 0 Å². The molecular formula is C7H10N2OS. The van der Waals surface area contributed by atoms with Crippen LogP contribution in [0.2, 0.25) is 0 Å². The molecule has 11 heavy (non-hydrogen) atoms. The predicted octanol–water partition coefficient (Wildman–Crippen LogP) is 1.17. The summed E-state index contributed by atoms with van der Waals surface area (Å²) in [6.07, 6.45) is 4.84. The average molecular weight is 170 g/mol. The molecule has 0 aliphatic carbocycles. The largest absolute Gasteiger partial charge is 0.265 e. The van der Waals surface area contributed by atoms with Gasteiger partial charge >= 0.3 is 0 Å². The van der Waals surface area contributed by atoms with Crippen molar-refractivity contribution < 1.29 is 4.21 Å². The van der Waals surface area contributed by atoms with Gasteiger partial charge in [-0.05, 0) is 12.1 Å². The van der Waals surface area contributed by atoms with Crippen LogP contribution in [0.4, 0.5) is 0 Å². The monoisotopic (exact) mass is 170 g/mol. The third kappa shape index (κ3) is 1.77. The fourth-order valence-electron chi connectivity index (χ4n) is 0.696. The zero-order chi connectivity index (χ0) is 8.32. The standard InChI is InChI=1S/C7H10N2OS/c1-8-11(2,10)7-3-5-9-6-4-7/h3-6H,1-2H3/t11-/m1/s1. The van der Waals surface area contributed by atoms with Gasteiger partial charge in [-0.1, -0.05) is 0 Å². The van der Waals surface area contributed by atoms with Crippen molar-refractivity contribution in [2.24, 2.45) is 4.36 Å². The smallest absolute Gasteiger partial charge is 0.0721 e. The first-order valence-electron chi connectivity index (χ1n) is 3.17. The zero-order valence-electron chi connectivity index (χ0n) is 6.52. The molecule has 3 nitrogen and oxygen atoms in total. The van der Waals surface area contributed by atoms with E-state index < -0.39 is 9.73 Å². The van der Waals surface area contributed by atoms with Crippen molar-refractivity contribution in [2.45, 2.75) is 4.90 Å². The minimum Gasteiger partial charge on any atom is -0.265 e. The maximum absolute atomic E-state index is 11.6. The molecule has 0 amide bonds. The van der Waals surface area contributed by atoms with Crippen LogP contribution in [-0.2, 0) is 9.73 Å². The molecule has 1 aromatic rings. The van der Waals surface area contributed by atoms with Crippen LogP contribution < -0.4 is 0 Å². The van der Waals surface area contributed by atoms with Gasteiger partial charge < -0.3 is 0 Å². The molecule has 0 spiro atoms. The second kappa shape index (κ2) is 3.00. The van der Waals surface area contributed by atoms with E-state index in [4.69, 9.17) is 0 Å². The average Bonchev–Trinajstić information content (AvgIpc) is 2.06. The summed E-state index contributed by atoms with van der Waals surface area (Å²) in [5, 5.41) is 0. The molecule has 0 aliphatic heterocycles. The van der Waals surface area contributed by atoms with E-state index in [1.54, 1.807) is 37.8 Å². The first-order chi connectivity index (χ1) is 5.17. The van der Waals surface area contributed by atoms with Gasteiger partial charge in [-0.3, -0.25) is 4.98 Å². The third-order valence-electron chi connectivity index (χ3n) is 1.44. The van der Waals surface area contributed by atoms with E-state index in [-0.39, 0.29) is 0 Å². The van der Waals surface area contributed by atoms with Crippen LogP contribution in [0, 0.1) is 0 Å². The lowest BCUT2D eigenvalue weighted by atomic mass is 10.5. The van der Waals surface area contributed by atoms with Crippen molar-refractivity contribution >= 4 is 9.73 Å². The van der Waals surface area contributed by atoms with Gasteiger partial charge in [0.05, 0.1) is 14.6 Å². The van der Waals surface area contributed by atoms with Gasteiger partial charge in [-0.2, -0.15) is 0 Å². The molecule has 0 aliphatic rings. The Morgan fingerprint density at radius 1 is 1.45 bits per heavy atom. The molecule has 0 N–H and O–H groups in total. The quantitative estimate of drug-likeness (QED) is 0.635. The second-order valence-corrected chi connectivity index (χ2v) is 4.61. The summed E-state index contributed by atoms with van der Waals surface area (Å²) in [6, 6.07) is 3.44. The summed E-state index contributed by atoms with van der Waals surface area (Å²) in [5.74, 6) is 0. The van der Waals surface area contributed by atoms with E-state index in [1.807, 2.05) is 0 Å². The van der Waals surface area contributed by atoms with Crippen LogP contribution >= 0.6 is 0 Å². The van der Waals surface area contributed by atoms with Crippen molar-refractivity contribution in [3.05, 3.63) is 24.5 Å². The number of aromatic nitrogens is 1. The van der Waals surface area contributed by atoms with E-state index in [1.165, 1.54) is 0 Å². The Labute approximate surface area is 66.7 Å². The molecule has 0 bridgehead atoms. The van der Waals surface area contributed by atoms with Crippen LogP contribution in [0.15, 0.2) is 33.8 Å². The van der Waals surface area contributed by atoms with Crippen molar-refractivity contribution in [1.29, 1.82) is 0 Å². The van der Waals surface area contributed by atoms with Gasteiger partial charge in [0, 0.05) is 25.7 Å². The highest BCUT2D eigenvalue weighted by molar-refractivity contribution is 7.93. The first kappa shape index (κ1) is 8.20. The van der Waals surface area contributed by atoms with E-state index >= 15 is 0 Å². The highest BCUT2D eigenvalue weighted by Crippen LogP contribution is 2.07. The summed E-state index contributed by atoms with van der Waals surface area (Å²) in [5.41, 5.74) is 0. The van der Waals surface area contributed by atoms with E-state index in [9.17, 15) is 4.21 Å². The number of rotatable bonds is 1. The molecule has 1 heterocycles. The number of pyridine rings is 1. The normalized spacial score (nSPS) is 15.5. The van der Waals surface area contributed by atoms with E-state index in [0.717, 1.165) is 4.90 Å². The molecular weight excluding hydrogens is 160 g/mol. The van der Waals surface area contributed by atoms with Gasteiger partial charge in [-0.15, -0.1) is 0 Å². The summed E-state index contributed by atoms with van der Waals surface area (Å²) in [7, 11) is -0.605. The second-order valence-electron chi connectivity index (χ2n) is 2.17. The van der Waals surface area contributed by atoms with Crippen molar-refractivity contribution in [2.75, 3.05) is 13.3 Å². The fraction of sp³-hybridized carbons (Fsp3) is 0.286. The lowest BCUT2D eigenvalue weighted by Gasteiger charge is -1.99. The maximum Gasteiger partial charge on any atom is 0.0721 e. The van der Waals surface area contributed by atoms with Crippen LogP contribution in [0.5, 0.6) is 0 Å². The number of hydrogen-bond acceptors (Lipinski definition) is 3. The van der Waals surface area contributed by atoms with E-state index in [2.05, 4.69) is 9.35 Å². The minimum absolute atomic E-state index is 0.731. The van der Waals surface area contributed by atoms with Crippen LogP contribution in [0.3, 0.4) is 0 Å². The summed E-state index contributed by atoms with van der Waals surface area (Å²) in [6.45, 7) is 0. The minimum atomic E-state index is -2.16. The maximum atomic E-state index is 11.6. The molecule has 0 saturated carbocycles. The third-order valence-corrected chi connectivity index (χ3v) is 3.28. The summed E-state index contributed by atoms with van der Waals surface area (Å²) >= 11 is 0. The Morgan fingerprint density at radius 2 is 2.00 bits per heavy atom. The highest BCUT2D eigenvalue weighted by Gasteiger charge is 2.01. The molecule has 1 rings (SSSR count). The summed E-state index contributed by atoms with van der Waals surface area (Å²) in [4.78, 5) is 4.56. The van der Waals surface area contributed by atoms with Gasteiger partial charge in [0.2, 0.25) is 0 Å². The van der Waals surface area contributed by atoms with Crippen LogP contribution in [-0.4, -0.2) is 22.5 Å². The first-order valence-corrected chi connectivity index (χ1v) is 5.09. The number of hydrogen-bond donors (Lipinski definition) is 0. The lowest BCUT2D eigenvalue weighted by Crippen LogP contribution is -1.96. The topological polar surface area (TPSA) is 42.3 Å². The molecule has 0 fully saturated rings. The van der Waals surface area contributed by atoms with Gasteiger partial charge in [0.1, 0.15) is 0 Å². The van der Waals surface area contributed by atoms with Gasteiger partial charge in [0.25, 0.3) is 0 Å². The number of nitrogens with zero attached hydrogens (tertiary/aromatic N) is 2. The zero-order valence-corrected chi connectivity index (χ0v) is 7.34. The SMILES string of the molecule is CN=[S@](C)(=O)c1ccncc1. The lowest BCUT2D eigenvalue weighted by molar-refractivity contribution is 0.680. The Kier molecular flexibility index (Phi) is 2.24. The highest BCUT2D eigenvalue weighted by atomic mass is 32.2. The van der Waals surface area contributed by atoms with Crippen molar-refractivity contribution in [1.82, 2.24) is 4.98 Å². The molecule has 1 atom stereocenters.